The molecule has 4 heteroatoms. The molecule has 0 bridgehead atoms. The van der Waals surface area contributed by atoms with Gasteiger partial charge in [-0.25, -0.2) is 0 Å². The molecule has 0 aliphatic rings. The maximum absolute atomic E-state index is 9.29. The van der Waals surface area contributed by atoms with Gasteiger partial charge >= 0.3 is 0 Å². The number of phenols is 2. The second kappa shape index (κ2) is 3.98. The first-order chi connectivity index (χ1) is 6.06. The lowest BCUT2D eigenvalue weighted by molar-refractivity contribution is 0.400. The van der Waals surface area contributed by atoms with E-state index in [0.29, 0.717) is 4.47 Å². The molecule has 0 saturated carbocycles. The van der Waals surface area contributed by atoms with Crippen molar-refractivity contribution in [2.45, 2.75) is 19.4 Å². The topological polar surface area (TPSA) is 66.5 Å². The maximum atomic E-state index is 9.29. The summed E-state index contributed by atoms with van der Waals surface area (Å²) in [6, 6.07) is 3.08. The SMILES string of the molecule is CCC(N)c1cc(O)c(O)c(Br)c1. The van der Waals surface area contributed by atoms with Gasteiger partial charge in [0.1, 0.15) is 0 Å². The number of rotatable bonds is 2. The molecule has 0 saturated heterocycles. The molecule has 13 heavy (non-hydrogen) atoms. The molecule has 1 aromatic rings. The van der Waals surface area contributed by atoms with Gasteiger partial charge in [-0.05, 0) is 40.0 Å². The Morgan fingerprint density at radius 3 is 2.54 bits per heavy atom. The predicted molar refractivity (Wildman–Crippen MR) is 54.7 cm³/mol. The summed E-state index contributed by atoms with van der Waals surface area (Å²) in [6.07, 6.45) is 0.788. The molecule has 4 N–H and O–H groups in total. The third kappa shape index (κ3) is 2.14. The number of hydrogen-bond acceptors (Lipinski definition) is 3. The Morgan fingerprint density at radius 1 is 1.46 bits per heavy atom. The highest BCUT2D eigenvalue weighted by Crippen LogP contribution is 2.35. The Bertz CT molecular complexity index is 291. The highest BCUT2D eigenvalue weighted by atomic mass is 79.9. The van der Waals surface area contributed by atoms with Crippen LogP contribution in [0.2, 0.25) is 0 Å². The van der Waals surface area contributed by atoms with Crippen molar-refractivity contribution < 1.29 is 10.2 Å². The van der Waals surface area contributed by atoms with E-state index >= 15 is 0 Å². The normalized spacial score (nSPS) is 12.8. The van der Waals surface area contributed by atoms with Crippen LogP contribution in [0.3, 0.4) is 0 Å². The lowest BCUT2D eigenvalue weighted by Crippen LogP contribution is -2.08. The Morgan fingerprint density at radius 2 is 2.08 bits per heavy atom. The Hall–Kier alpha value is -0.740. The standard InChI is InChI=1S/C9H12BrNO2/c1-2-7(11)5-3-6(10)9(13)8(12)4-5/h3-4,7,12-13H,2,11H2,1H3. The van der Waals surface area contributed by atoms with E-state index in [1.807, 2.05) is 6.92 Å². The lowest BCUT2D eigenvalue weighted by atomic mass is 10.1. The summed E-state index contributed by atoms with van der Waals surface area (Å²) in [5, 5.41) is 18.5. The molecule has 0 fully saturated rings. The summed E-state index contributed by atoms with van der Waals surface area (Å²) in [4.78, 5) is 0. The van der Waals surface area contributed by atoms with E-state index in [0.717, 1.165) is 12.0 Å². The Labute approximate surface area is 85.3 Å². The molecule has 72 valence electrons. The molecule has 1 atom stereocenters. The number of hydrogen-bond donors (Lipinski definition) is 3. The van der Waals surface area contributed by atoms with Gasteiger partial charge in [-0.3, -0.25) is 0 Å². The molecule has 3 nitrogen and oxygen atoms in total. The molecule has 1 aromatic carbocycles. The predicted octanol–water partition coefficient (Wildman–Crippen LogP) is 2.27. The Balaban J connectivity index is 3.13. The number of nitrogens with two attached hydrogens (primary N) is 1. The third-order valence-corrected chi connectivity index (χ3v) is 2.54. The Kier molecular flexibility index (Phi) is 3.17. The van der Waals surface area contributed by atoms with E-state index < -0.39 is 0 Å². The molecule has 0 amide bonds. The van der Waals surface area contributed by atoms with Crippen molar-refractivity contribution in [3.63, 3.8) is 0 Å². The molecule has 0 aliphatic carbocycles. The molecule has 1 rings (SSSR count). The number of halogens is 1. The molecule has 1 unspecified atom stereocenters. The molecule has 0 aromatic heterocycles. The van der Waals surface area contributed by atoms with Crippen LogP contribution in [-0.4, -0.2) is 10.2 Å². The van der Waals surface area contributed by atoms with Crippen molar-refractivity contribution in [3.8, 4) is 11.5 Å². The average Bonchev–Trinajstić information content (AvgIpc) is 2.12. The summed E-state index contributed by atoms with van der Waals surface area (Å²) in [6.45, 7) is 1.96. The zero-order valence-corrected chi connectivity index (χ0v) is 8.87. The smallest absolute Gasteiger partial charge is 0.171 e. The number of benzene rings is 1. The van der Waals surface area contributed by atoms with E-state index in [2.05, 4.69) is 15.9 Å². The summed E-state index contributed by atoms with van der Waals surface area (Å²) >= 11 is 3.13. The second-order valence-corrected chi connectivity index (χ2v) is 3.74. The van der Waals surface area contributed by atoms with Crippen molar-refractivity contribution in [1.82, 2.24) is 0 Å². The first kappa shape index (κ1) is 10.3. The zero-order chi connectivity index (χ0) is 10.0. The van der Waals surface area contributed by atoms with Gasteiger partial charge in [0.15, 0.2) is 11.5 Å². The van der Waals surface area contributed by atoms with Crippen LogP contribution in [0, 0.1) is 0 Å². The van der Waals surface area contributed by atoms with Gasteiger partial charge in [-0.2, -0.15) is 0 Å². The number of aromatic hydroxyl groups is 2. The van der Waals surface area contributed by atoms with Gasteiger partial charge in [0.25, 0.3) is 0 Å². The molecule has 0 radical (unpaired) electrons. The van der Waals surface area contributed by atoms with E-state index in [1.54, 1.807) is 6.07 Å². The van der Waals surface area contributed by atoms with Crippen molar-refractivity contribution >= 4 is 15.9 Å². The minimum absolute atomic E-state index is 0.109. The highest BCUT2D eigenvalue weighted by Gasteiger charge is 2.10. The summed E-state index contributed by atoms with van der Waals surface area (Å²) in [7, 11) is 0. The molecule has 0 heterocycles. The zero-order valence-electron chi connectivity index (χ0n) is 7.29. The lowest BCUT2D eigenvalue weighted by Gasteiger charge is -2.11. The van der Waals surface area contributed by atoms with E-state index in [-0.39, 0.29) is 17.5 Å². The van der Waals surface area contributed by atoms with Crippen LogP contribution in [0.5, 0.6) is 11.5 Å². The third-order valence-electron chi connectivity index (χ3n) is 1.93. The molecule has 0 aliphatic heterocycles. The quantitative estimate of drug-likeness (QED) is 0.701. The van der Waals surface area contributed by atoms with Crippen LogP contribution in [0.1, 0.15) is 24.9 Å². The van der Waals surface area contributed by atoms with Crippen molar-refractivity contribution in [1.29, 1.82) is 0 Å². The first-order valence-corrected chi connectivity index (χ1v) is 4.82. The monoisotopic (exact) mass is 245 g/mol. The van der Waals surface area contributed by atoms with E-state index in [4.69, 9.17) is 5.73 Å². The summed E-state index contributed by atoms with van der Waals surface area (Å²) in [5.74, 6) is -0.291. The van der Waals surface area contributed by atoms with Crippen LogP contribution in [-0.2, 0) is 0 Å². The average molecular weight is 246 g/mol. The molecule has 0 spiro atoms. The van der Waals surface area contributed by atoms with Gasteiger partial charge in [0.05, 0.1) is 4.47 Å². The minimum Gasteiger partial charge on any atom is -0.504 e. The van der Waals surface area contributed by atoms with Gasteiger partial charge < -0.3 is 15.9 Å². The van der Waals surface area contributed by atoms with Gasteiger partial charge in [0.2, 0.25) is 0 Å². The van der Waals surface area contributed by atoms with Crippen molar-refractivity contribution in [2.24, 2.45) is 5.73 Å². The second-order valence-electron chi connectivity index (χ2n) is 2.89. The van der Waals surface area contributed by atoms with Gasteiger partial charge in [-0.1, -0.05) is 6.92 Å². The fourth-order valence-electron chi connectivity index (χ4n) is 1.05. The molecular formula is C9H12BrNO2. The number of phenolic OH excluding ortho intramolecular Hbond substituents is 2. The van der Waals surface area contributed by atoms with E-state index in [9.17, 15) is 10.2 Å². The summed E-state index contributed by atoms with van der Waals surface area (Å²) in [5.41, 5.74) is 6.58. The highest BCUT2D eigenvalue weighted by molar-refractivity contribution is 9.10. The van der Waals surface area contributed by atoms with Crippen molar-refractivity contribution in [3.05, 3.63) is 22.2 Å². The molecular weight excluding hydrogens is 234 g/mol. The van der Waals surface area contributed by atoms with Crippen LogP contribution < -0.4 is 5.73 Å². The van der Waals surface area contributed by atoms with Crippen molar-refractivity contribution in [2.75, 3.05) is 0 Å². The van der Waals surface area contributed by atoms with Crippen LogP contribution in [0.4, 0.5) is 0 Å². The van der Waals surface area contributed by atoms with Crippen LogP contribution in [0.15, 0.2) is 16.6 Å². The minimum atomic E-state index is -0.146. The summed E-state index contributed by atoms with van der Waals surface area (Å²) < 4.78 is 0.464. The van der Waals surface area contributed by atoms with Crippen LogP contribution >= 0.6 is 15.9 Å². The first-order valence-electron chi connectivity index (χ1n) is 4.03. The van der Waals surface area contributed by atoms with E-state index in [1.165, 1.54) is 6.07 Å². The van der Waals surface area contributed by atoms with Crippen LogP contribution in [0.25, 0.3) is 0 Å². The largest absolute Gasteiger partial charge is 0.504 e. The van der Waals surface area contributed by atoms with Gasteiger partial charge in [0, 0.05) is 6.04 Å². The fraction of sp³-hybridized carbons (Fsp3) is 0.333. The maximum Gasteiger partial charge on any atom is 0.171 e. The fourth-order valence-corrected chi connectivity index (χ4v) is 1.52. The van der Waals surface area contributed by atoms with Gasteiger partial charge in [-0.15, -0.1) is 0 Å².